The van der Waals surface area contributed by atoms with Crippen molar-refractivity contribution in [3.63, 3.8) is 0 Å². The summed E-state index contributed by atoms with van der Waals surface area (Å²) in [4.78, 5) is 11.6. The molecule has 1 fully saturated rings. The van der Waals surface area contributed by atoms with E-state index in [0.717, 1.165) is 12.8 Å². The first kappa shape index (κ1) is 12.3. The molecule has 1 aliphatic carbocycles. The Morgan fingerprint density at radius 1 is 1.40 bits per heavy atom. The lowest BCUT2D eigenvalue weighted by Crippen LogP contribution is -2.51. The summed E-state index contributed by atoms with van der Waals surface area (Å²) >= 11 is 0. The smallest absolute Gasteiger partial charge is 0.315 e. The molecule has 2 atom stereocenters. The largest absolute Gasteiger partial charge is 0.335 e. The summed E-state index contributed by atoms with van der Waals surface area (Å²) in [6.07, 6.45) is 3.36. The number of nitrogens with one attached hydrogen (secondary N) is 2. The second-order valence-electron chi connectivity index (χ2n) is 5.38. The molecule has 0 spiro atoms. The van der Waals surface area contributed by atoms with Crippen LogP contribution < -0.4 is 16.4 Å². The van der Waals surface area contributed by atoms with Crippen molar-refractivity contribution in [3.8, 4) is 0 Å². The van der Waals surface area contributed by atoms with E-state index in [9.17, 15) is 4.79 Å². The van der Waals surface area contributed by atoms with Crippen molar-refractivity contribution < 1.29 is 4.79 Å². The second-order valence-corrected chi connectivity index (χ2v) is 5.38. The molecule has 0 saturated heterocycles. The Labute approximate surface area is 92.0 Å². The minimum Gasteiger partial charge on any atom is -0.335 e. The summed E-state index contributed by atoms with van der Waals surface area (Å²) in [6.45, 7) is 6.59. The van der Waals surface area contributed by atoms with Crippen molar-refractivity contribution in [1.82, 2.24) is 10.6 Å². The van der Waals surface area contributed by atoms with Gasteiger partial charge >= 0.3 is 6.03 Å². The van der Waals surface area contributed by atoms with E-state index >= 15 is 0 Å². The molecule has 1 saturated carbocycles. The van der Waals surface area contributed by atoms with Crippen LogP contribution in [-0.2, 0) is 0 Å². The van der Waals surface area contributed by atoms with Crippen LogP contribution >= 0.6 is 0 Å². The first-order chi connectivity index (χ1) is 6.92. The van der Waals surface area contributed by atoms with Crippen molar-refractivity contribution in [3.05, 3.63) is 0 Å². The highest BCUT2D eigenvalue weighted by atomic mass is 16.2. The maximum atomic E-state index is 11.6. The molecular weight excluding hydrogens is 190 g/mol. The van der Waals surface area contributed by atoms with E-state index in [1.165, 1.54) is 6.42 Å². The third-order valence-corrected chi connectivity index (χ3v) is 2.77. The van der Waals surface area contributed by atoms with E-state index in [-0.39, 0.29) is 17.6 Å². The Morgan fingerprint density at radius 3 is 2.60 bits per heavy atom. The fourth-order valence-corrected chi connectivity index (χ4v) is 2.05. The van der Waals surface area contributed by atoms with Crippen LogP contribution in [0.4, 0.5) is 4.79 Å². The van der Waals surface area contributed by atoms with Gasteiger partial charge in [0, 0.05) is 11.6 Å². The van der Waals surface area contributed by atoms with Crippen LogP contribution in [0.5, 0.6) is 0 Å². The van der Waals surface area contributed by atoms with Crippen molar-refractivity contribution in [2.24, 2.45) is 11.7 Å². The summed E-state index contributed by atoms with van der Waals surface area (Å²) in [6, 6.07) is 0.185. The topological polar surface area (TPSA) is 67.2 Å². The fourth-order valence-electron chi connectivity index (χ4n) is 2.05. The quantitative estimate of drug-likeness (QED) is 0.645. The van der Waals surface area contributed by atoms with Gasteiger partial charge in [-0.2, -0.15) is 0 Å². The van der Waals surface area contributed by atoms with Gasteiger partial charge in [0.25, 0.3) is 0 Å². The molecule has 0 bridgehead atoms. The molecule has 88 valence electrons. The molecule has 15 heavy (non-hydrogen) atoms. The third-order valence-electron chi connectivity index (χ3n) is 2.77. The van der Waals surface area contributed by atoms with Crippen LogP contribution in [0.1, 0.15) is 40.0 Å². The summed E-state index contributed by atoms with van der Waals surface area (Å²) in [5.74, 6) is 0.454. The molecular formula is C11H23N3O. The van der Waals surface area contributed by atoms with Crippen LogP contribution in [0.15, 0.2) is 0 Å². The number of urea groups is 1. The predicted octanol–water partition coefficient (Wildman–Crippen LogP) is 1.21. The van der Waals surface area contributed by atoms with E-state index in [4.69, 9.17) is 5.73 Å². The first-order valence-corrected chi connectivity index (χ1v) is 5.71. The normalized spacial score (nSPS) is 26.4. The molecule has 0 aromatic rings. The lowest BCUT2D eigenvalue weighted by Gasteiger charge is -2.25. The van der Waals surface area contributed by atoms with Crippen LogP contribution in [0.2, 0.25) is 0 Å². The third kappa shape index (κ3) is 4.08. The van der Waals surface area contributed by atoms with Gasteiger partial charge in [-0.15, -0.1) is 0 Å². The number of carbonyl (C=O) groups excluding carboxylic acids is 1. The predicted molar refractivity (Wildman–Crippen MR) is 61.6 cm³/mol. The van der Waals surface area contributed by atoms with E-state index in [1.54, 1.807) is 0 Å². The Kier molecular flexibility index (Phi) is 3.97. The Bertz CT molecular complexity index is 222. The van der Waals surface area contributed by atoms with Gasteiger partial charge in [0.2, 0.25) is 0 Å². The standard InChI is InChI=1S/C11H23N3O/c1-11(2,3)14-10(15)13-9-6-4-5-8(9)7-12/h8-9H,4-7,12H2,1-3H3,(H2,13,14,15). The molecule has 0 aromatic heterocycles. The number of rotatable bonds is 2. The average molecular weight is 213 g/mol. The van der Waals surface area contributed by atoms with Crippen molar-refractivity contribution in [1.29, 1.82) is 0 Å². The average Bonchev–Trinajstić information content (AvgIpc) is 2.48. The van der Waals surface area contributed by atoms with Crippen LogP contribution in [0, 0.1) is 5.92 Å². The van der Waals surface area contributed by atoms with Crippen molar-refractivity contribution in [2.45, 2.75) is 51.6 Å². The summed E-state index contributed by atoms with van der Waals surface area (Å²) in [7, 11) is 0. The van der Waals surface area contributed by atoms with E-state index in [2.05, 4.69) is 10.6 Å². The van der Waals surface area contributed by atoms with Gasteiger partial charge in [-0.05, 0) is 46.1 Å². The van der Waals surface area contributed by atoms with Crippen LogP contribution in [0.3, 0.4) is 0 Å². The lowest BCUT2D eigenvalue weighted by molar-refractivity contribution is 0.225. The zero-order chi connectivity index (χ0) is 11.5. The summed E-state index contributed by atoms with van der Waals surface area (Å²) in [5.41, 5.74) is 5.48. The Balaban J connectivity index is 2.37. The second kappa shape index (κ2) is 4.84. The van der Waals surface area contributed by atoms with Gasteiger partial charge in [-0.1, -0.05) is 6.42 Å². The zero-order valence-corrected chi connectivity index (χ0v) is 9.97. The molecule has 4 N–H and O–H groups in total. The fraction of sp³-hybridized carbons (Fsp3) is 0.909. The van der Waals surface area contributed by atoms with E-state index < -0.39 is 0 Å². The van der Waals surface area contributed by atoms with Crippen molar-refractivity contribution in [2.75, 3.05) is 6.54 Å². The minimum atomic E-state index is -0.180. The van der Waals surface area contributed by atoms with Gasteiger partial charge in [0.1, 0.15) is 0 Å². The number of amides is 2. The van der Waals surface area contributed by atoms with E-state index in [0.29, 0.717) is 12.5 Å². The molecule has 0 radical (unpaired) electrons. The molecule has 4 nitrogen and oxygen atoms in total. The van der Waals surface area contributed by atoms with Gasteiger partial charge in [-0.3, -0.25) is 0 Å². The molecule has 4 heteroatoms. The van der Waals surface area contributed by atoms with Gasteiger partial charge < -0.3 is 16.4 Å². The zero-order valence-electron chi connectivity index (χ0n) is 9.97. The first-order valence-electron chi connectivity index (χ1n) is 5.71. The molecule has 0 heterocycles. The molecule has 1 aliphatic rings. The highest BCUT2D eigenvalue weighted by Gasteiger charge is 2.28. The molecule has 0 aliphatic heterocycles. The maximum absolute atomic E-state index is 11.6. The SMILES string of the molecule is CC(C)(C)NC(=O)NC1CCCC1CN. The van der Waals surface area contributed by atoms with Gasteiger partial charge in [0.15, 0.2) is 0 Å². The Morgan fingerprint density at radius 2 is 2.07 bits per heavy atom. The number of nitrogens with two attached hydrogens (primary N) is 1. The molecule has 0 aromatic carbocycles. The number of hydrogen-bond acceptors (Lipinski definition) is 2. The number of carbonyl (C=O) groups is 1. The Hall–Kier alpha value is -0.770. The van der Waals surface area contributed by atoms with E-state index in [1.807, 2.05) is 20.8 Å². The molecule has 2 amide bonds. The highest BCUT2D eigenvalue weighted by Crippen LogP contribution is 2.24. The highest BCUT2D eigenvalue weighted by molar-refractivity contribution is 5.75. The minimum absolute atomic E-state index is 0.0761. The molecule has 1 rings (SSSR count). The van der Waals surface area contributed by atoms with Gasteiger partial charge in [-0.25, -0.2) is 4.79 Å². The summed E-state index contributed by atoms with van der Waals surface area (Å²) < 4.78 is 0. The van der Waals surface area contributed by atoms with Crippen molar-refractivity contribution >= 4 is 6.03 Å². The lowest BCUT2D eigenvalue weighted by atomic mass is 10.0. The number of hydrogen-bond donors (Lipinski definition) is 3. The van der Waals surface area contributed by atoms with Crippen LogP contribution in [0.25, 0.3) is 0 Å². The summed E-state index contributed by atoms with van der Waals surface area (Å²) in [5, 5.41) is 5.91. The maximum Gasteiger partial charge on any atom is 0.315 e. The monoisotopic (exact) mass is 213 g/mol. The molecule has 2 unspecified atom stereocenters. The van der Waals surface area contributed by atoms with Crippen LogP contribution in [-0.4, -0.2) is 24.2 Å². The van der Waals surface area contributed by atoms with Gasteiger partial charge in [0.05, 0.1) is 0 Å².